The van der Waals surface area contributed by atoms with Crippen molar-refractivity contribution in [3.8, 4) is 11.5 Å². The van der Waals surface area contributed by atoms with Gasteiger partial charge in [-0.3, -0.25) is 0 Å². The SMILES string of the molecule is Oc1cccc(Cc2ccco2)c1O. The summed E-state index contributed by atoms with van der Waals surface area (Å²) >= 11 is 0. The summed E-state index contributed by atoms with van der Waals surface area (Å²) < 4.78 is 5.14. The molecule has 0 atom stereocenters. The Hall–Kier alpha value is -1.90. The third kappa shape index (κ3) is 1.57. The van der Waals surface area contributed by atoms with E-state index in [2.05, 4.69) is 0 Å². The zero-order chi connectivity index (χ0) is 9.97. The van der Waals surface area contributed by atoms with E-state index >= 15 is 0 Å². The van der Waals surface area contributed by atoms with Crippen LogP contribution in [0.3, 0.4) is 0 Å². The molecule has 0 radical (unpaired) electrons. The lowest BCUT2D eigenvalue weighted by molar-refractivity contribution is 0.398. The molecule has 14 heavy (non-hydrogen) atoms. The first kappa shape index (κ1) is 8.69. The monoisotopic (exact) mass is 190 g/mol. The Labute approximate surface area is 81.2 Å². The van der Waals surface area contributed by atoms with Crippen LogP contribution in [0.15, 0.2) is 41.0 Å². The van der Waals surface area contributed by atoms with Gasteiger partial charge in [0.1, 0.15) is 5.76 Å². The number of hydrogen-bond donors (Lipinski definition) is 2. The van der Waals surface area contributed by atoms with Gasteiger partial charge in [-0.25, -0.2) is 0 Å². The molecule has 1 aromatic carbocycles. The van der Waals surface area contributed by atoms with Crippen molar-refractivity contribution >= 4 is 0 Å². The van der Waals surface area contributed by atoms with Gasteiger partial charge in [-0.15, -0.1) is 0 Å². The number of phenols is 2. The molecule has 1 heterocycles. The highest BCUT2D eigenvalue weighted by molar-refractivity contribution is 5.45. The molecule has 0 amide bonds. The van der Waals surface area contributed by atoms with Crippen LogP contribution in [0.5, 0.6) is 11.5 Å². The van der Waals surface area contributed by atoms with Crippen LogP contribution in [0, 0.1) is 0 Å². The van der Waals surface area contributed by atoms with Crippen LogP contribution in [0.2, 0.25) is 0 Å². The minimum Gasteiger partial charge on any atom is -0.504 e. The van der Waals surface area contributed by atoms with Crippen molar-refractivity contribution in [2.75, 3.05) is 0 Å². The van der Waals surface area contributed by atoms with Crippen LogP contribution in [-0.2, 0) is 6.42 Å². The Kier molecular flexibility index (Phi) is 2.14. The topological polar surface area (TPSA) is 53.6 Å². The molecule has 3 nitrogen and oxygen atoms in total. The van der Waals surface area contributed by atoms with Gasteiger partial charge in [0, 0.05) is 12.0 Å². The van der Waals surface area contributed by atoms with E-state index in [-0.39, 0.29) is 11.5 Å². The van der Waals surface area contributed by atoms with Crippen molar-refractivity contribution in [1.82, 2.24) is 0 Å². The van der Waals surface area contributed by atoms with Gasteiger partial charge in [0.05, 0.1) is 6.26 Å². The summed E-state index contributed by atoms with van der Waals surface area (Å²) in [7, 11) is 0. The minimum absolute atomic E-state index is 0.0797. The molecule has 0 spiro atoms. The van der Waals surface area contributed by atoms with Crippen molar-refractivity contribution in [2.24, 2.45) is 0 Å². The van der Waals surface area contributed by atoms with Crippen LogP contribution in [0.1, 0.15) is 11.3 Å². The summed E-state index contributed by atoms with van der Waals surface area (Å²) in [5.74, 6) is 0.573. The Bertz CT molecular complexity index is 418. The first-order valence-electron chi connectivity index (χ1n) is 4.29. The lowest BCUT2D eigenvalue weighted by atomic mass is 10.1. The maximum Gasteiger partial charge on any atom is 0.161 e. The second kappa shape index (κ2) is 3.46. The molecule has 2 rings (SSSR count). The molecule has 0 aliphatic carbocycles. The van der Waals surface area contributed by atoms with Crippen LogP contribution in [0.25, 0.3) is 0 Å². The van der Waals surface area contributed by atoms with Gasteiger partial charge in [0.25, 0.3) is 0 Å². The number of rotatable bonds is 2. The predicted octanol–water partition coefficient (Wildman–Crippen LogP) is 2.28. The molecular weight excluding hydrogens is 180 g/mol. The average Bonchev–Trinajstić information content (AvgIpc) is 2.66. The summed E-state index contributed by atoms with van der Waals surface area (Å²) in [5.41, 5.74) is 0.653. The number of aromatic hydroxyl groups is 2. The normalized spacial score (nSPS) is 10.3. The van der Waals surface area contributed by atoms with Gasteiger partial charge in [-0.2, -0.15) is 0 Å². The summed E-state index contributed by atoms with van der Waals surface area (Å²) in [6, 6.07) is 8.49. The largest absolute Gasteiger partial charge is 0.504 e. The summed E-state index contributed by atoms with van der Waals surface area (Å²) in [6.07, 6.45) is 2.06. The van der Waals surface area contributed by atoms with Crippen molar-refractivity contribution in [2.45, 2.75) is 6.42 Å². The van der Waals surface area contributed by atoms with Crippen molar-refractivity contribution in [1.29, 1.82) is 0 Å². The molecule has 2 N–H and O–H groups in total. The highest BCUT2D eigenvalue weighted by Gasteiger charge is 2.07. The Morgan fingerprint density at radius 3 is 2.64 bits per heavy atom. The maximum atomic E-state index is 9.50. The third-order valence-corrected chi connectivity index (χ3v) is 2.04. The highest BCUT2D eigenvalue weighted by Crippen LogP contribution is 2.29. The quantitative estimate of drug-likeness (QED) is 0.714. The highest BCUT2D eigenvalue weighted by atomic mass is 16.3. The lowest BCUT2D eigenvalue weighted by Gasteiger charge is -2.03. The molecule has 3 heteroatoms. The Morgan fingerprint density at radius 2 is 1.93 bits per heavy atom. The summed E-state index contributed by atoms with van der Waals surface area (Å²) in [6.45, 7) is 0. The second-order valence-electron chi connectivity index (χ2n) is 3.04. The molecule has 0 bridgehead atoms. The van der Waals surface area contributed by atoms with Crippen LogP contribution < -0.4 is 0 Å². The van der Waals surface area contributed by atoms with Crippen molar-refractivity contribution in [3.63, 3.8) is 0 Å². The van der Waals surface area contributed by atoms with Crippen LogP contribution in [-0.4, -0.2) is 10.2 Å². The van der Waals surface area contributed by atoms with Gasteiger partial charge in [-0.1, -0.05) is 12.1 Å². The lowest BCUT2D eigenvalue weighted by Crippen LogP contribution is -1.86. The molecular formula is C11H10O3. The van der Waals surface area contributed by atoms with Gasteiger partial charge >= 0.3 is 0 Å². The summed E-state index contributed by atoms with van der Waals surface area (Å²) in [5, 5.41) is 18.8. The smallest absolute Gasteiger partial charge is 0.161 e. The van der Waals surface area contributed by atoms with E-state index in [9.17, 15) is 10.2 Å². The standard InChI is InChI=1S/C11H10O3/c12-10-5-1-3-8(11(10)13)7-9-4-2-6-14-9/h1-6,12-13H,7H2. The van der Waals surface area contributed by atoms with Gasteiger partial charge in [0.2, 0.25) is 0 Å². The van der Waals surface area contributed by atoms with Crippen LogP contribution >= 0.6 is 0 Å². The van der Waals surface area contributed by atoms with E-state index in [4.69, 9.17) is 4.42 Å². The number of furan rings is 1. The van der Waals surface area contributed by atoms with E-state index in [1.54, 1.807) is 24.5 Å². The van der Waals surface area contributed by atoms with E-state index in [1.165, 1.54) is 6.07 Å². The predicted molar refractivity (Wildman–Crippen MR) is 51.3 cm³/mol. The molecule has 2 aromatic rings. The van der Waals surface area contributed by atoms with E-state index in [0.29, 0.717) is 12.0 Å². The number of para-hydroxylation sites is 1. The molecule has 0 aliphatic heterocycles. The molecule has 0 saturated carbocycles. The molecule has 0 unspecified atom stereocenters. The van der Waals surface area contributed by atoms with Gasteiger partial charge in [0.15, 0.2) is 11.5 Å². The van der Waals surface area contributed by atoms with Gasteiger partial charge < -0.3 is 14.6 Å². The third-order valence-electron chi connectivity index (χ3n) is 2.04. The summed E-state index contributed by atoms with van der Waals surface area (Å²) in [4.78, 5) is 0. The van der Waals surface area contributed by atoms with E-state index in [1.807, 2.05) is 6.07 Å². The Balaban J connectivity index is 2.29. The number of benzene rings is 1. The van der Waals surface area contributed by atoms with E-state index in [0.717, 1.165) is 5.76 Å². The molecule has 0 saturated heterocycles. The zero-order valence-electron chi connectivity index (χ0n) is 7.47. The average molecular weight is 190 g/mol. The second-order valence-corrected chi connectivity index (χ2v) is 3.04. The fourth-order valence-corrected chi connectivity index (χ4v) is 1.32. The minimum atomic E-state index is -0.103. The van der Waals surface area contributed by atoms with E-state index < -0.39 is 0 Å². The fraction of sp³-hybridized carbons (Fsp3) is 0.0909. The Morgan fingerprint density at radius 1 is 1.07 bits per heavy atom. The first-order chi connectivity index (χ1) is 6.77. The molecule has 1 aromatic heterocycles. The van der Waals surface area contributed by atoms with Gasteiger partial charge in [-0.05, 0) is 18.2 Å². The molecule has 0 fully saturated rings. The number of hydrogen-bond acceptors (Lipinski definition) is 3. The molecule has 72 valence electrons. The zero-order valence-corrected chi connectivity index (χ0v) is 7.47. The van der Waals surface area contributed by atoms with Crippen LogP contribution in [0.4, 0.5) is 0 Å². The fourth-order valence-electron chi connectivity index (χ4n) is 1.32. The maximum absolute atomic E-state index is 9.50. The molecule has 0 aliphatic rings. The van der Waals surface area contributed by atoms with Crippen molar-refractivity contribution < 1.29 is 14.6 Å². The van der Waals surface area contributed by atoms with Crippen molar-refractivity contribution in [3.05, 3.63) is 47.9 Å². The number of phenolic OH excluding ortho intramolecular Hbond substituents is 2. The first-order valence-corrected chi connectivity index (χ1v) is 4.29.